The van der Waals surface area contributed by atoms with Crippen molar-refractivity contribution in [3.05, 3.63) is 94.4 Å². The average Bonchev–Trinajstić information content (AvgIpc) is 3.08. The molecule has 1 atom stereocenters. The van der Waals surface area contributed by atoms with Gasteiger partial charge in [-0.3, -0.25) is 14.5 Å². The van der Waals surface area contributed by atoms with Gasteiger partial charge in [0.05, 0.1) is 4.91 Å². The lowest BCUT2D eigenvalue weighted by atomic mass is 10.0. The van der Waals surface area contributed by atoms with Crippen LogP contribution in [0.1, 0.15) is 12.5 Å². The van der Waals surface area contributed by atoms with E-state index in [2.05, 4.69) is 17.4 Å². The summed E-state index contributed by atoms with van der Waals surface area (Å²) in [4.78, 5) is 27.5. The van der Waals surface area contributed by atoms with Crippen molar-refractivity contribution in [2.24, 2.45) is 0 Å². The number of rotatable bonds is 5. The van der Waals surface area contributed by atoms with Gasteiger partial charge in [0.1, 0.15) is 10.4 Å². The quantitative estimate of drug-likeness (QED) is 0.348. The Morgan fingerprint density at radius 1 is 1.00 bits per heavy atom. The summed E-state index contributed by atoms with van der Waals surface area (Å²) in [7, 11) is 0. The Labute approximate surface area is 201 Å². The highest BCUT2D eigenvalue weighted by Gasteiger charge is 2.38. The van der Waals surface area contributed by atoms with Crippen molar-refractivity contribution < 1.29 is 9.59 Å². The Morgan fingerprint density at radius 3 is 2.28 bits per heavy atom. The van der Waals surface area contributed by atoms with E-state index >= 15 is 0 Å². The number of carbonyl (C=O) groups excluding carboxylic acids is 2. The summed E-state index contributed by atoms with van der Waals surface area (Å²) in [5.74, 6) is -0.594. The highest BCUT2D eigenvalue weighted by Crippen LogP contribution is 2.34. The number of hydrogen-bond donors (Lipinski definition) is 1. The summed E-state index contributed by atoms with van der Waals surface area (Å²) in [5, 5.41) is 3.37. The number of thioether (sulfide) groups is 1. The van der Waals surface area contributed by atoms with Gasteiger partial charge < -0.3 is 5.32 Å². The van der Waals surface area contributed by atoms with Gasteiger partial charge in [-0.15, -0.1) is 0 Å². The molecule has 7 heteroatoms. The zero-order chi connectivity index (χ0) is 22.7. The molecule has 0 spiro atoms. The summed E-state index contributed by atoms with van der Waals surface area (Å²) >= 11 is 12.5. The standard InChI is InChI=1S/C25H19ClN2O2S2/c1-16(23(29)27-21-13-11-20(26)12-14-21)28-24(30)22(32-25(28)31)15-17-7-9-19(10-8-17)18-5-3-2-4-6-18/h2-16H,1H3,(H,27,29)/b22-15-. The predicted molar refractivity (Wildman–Crippen MR) is 136 cm³/mol. The second kappa shape index (κ2) is 9.69. The molecule has 32 heavy (non-hydrogen) atoms. The lowest BCUT2D eigenvalue weighted by Gasteiger charge is -2.22. The maximum absolute atomic E-state index is 13.0. The number of thiocarbonyl (C=S) groups is 1. The monoisotopic (exact) mass is 478 g/mol. The molecule has 1 fully saturated rings. The Bertz CT molecular complexity index is 1190. The SMILES string of the molecule is CC(C(=O)Nc1ccc(Cl)cc1)N1C(=O)/C(=C/c2ccc(-c3ccccc3)cc2)SC1=S. The molecule has 1 aliphatic heterocycles. The first-order valence-electron chi connectivity index (χ1n) is 9.91. The Kier molecular flexibility index (Phi) is 6.74. The van der Waals surface area contributed by atoms with Crippen LogP contribution in [0.5, 0.6) is 0 Å². The first-order chi connectivity index (χ1) is 15.4. The van der Waals surface area contributed by atoms with Crippen LogP contribution in [-0.2, 0) is 9.59 Å². The maximum Gasteiger partial charge on any atom is 0.266 e. The van der Waals surface area contributed by atoms with Crippen LogP contribution in [-0.4, -0.2) is 27.1 Å². The molecule has 1 saturated heterocycles. The second-order valence-electron chi connectivity index (χ2n) is 7.21. The molecule has 1 aliphatic rings. The molecular formula is C25H19ClN2O2S2. The first kappa shape index (κ1) is 22.3. The van der Waals surface area contributed by atoms with E-state index in [4.69, 9.17) is 23.8 Å². The van der Waals surface area contributed by atoms with E-state index in [0.29, 0.717) is 19.9 Å². The molecule has 1 heterocycles. The van der Waals surface area contributed by atoms with Gasteiger partial charge in [0.2, 0.25) is 5.91 Å². The van der Waals surface area contributed by atoms with E-state index in [-0.39, 0.29) is 11.8 Å². The molecule has 4 rings (SSSR count). The number of nitrogens with one attached hydrogen (secondary N) is 1. The lowest BCUT2D eigenvalue weighted by molar-refractivity contribution is -0.129. The normalized spacial score (nSPS) is 15.8. The van der Waals surface area contributed by atoms with Gasteiger partial charge in [-0.2, -0.15) is 0 Å². The van der Waals surface area contributed by atoms with Crippen LogP contribution >= 0.6 is 35.6 Å². The zero-order valence-electron chi connectivity index (χ0n) is 17.1. The number of carbonyl (C=O) groups is 2. The number of halogens is 1. The van der Waals surface area contributed by atoms with Gasteiger partial charge in [-0.25, -0.2) is 0 Å². The topological polar surface area (TPSA) is 49.4 Å². The van der Waals surface area contributed by atoms with Crippen molar-refractivity contribution in [1.29, 1.82) is 0 Å². The molecule has 0 aromatic heterocycles. The van der Waals surface area contributed by atoms with Crippen molar-refractivity contribution in [2.45, 2.75) is 13.0 Å². The van der Waals surface area contributed by atoms with E-state index in [1.165, 1.54) is 16.7 Å². The van der Waals surface area contributed by atoms with Gasteiger partial charge in [0.15, 0.2) is 0 Å². The van der Waals surface area contributed by atoms with Crippen molar-refractivity contribution in [1.82, 2.24) is 4.90 Å². The molecule has 3 aromatic carbocycles. The fraction of sp³-hybridized carbons (Fsp3) is 0.0800. The molecule has 1 unspecified atom stereocenters. The Morgan fingerprint density at radius 2 is 1.62 bits per heavy atom. The number of anilines is 1. The summed E-state index contributed by atoms with van der Waals surface area (Å²) in [5.41, 5.74) is 3.72. The van der Waals surface area contributed by atoms with Crippen molar-refractivity contribution in [3.63, 3.8) is 0 Å². The van der Waals surface area contributed by atoms with Crippen molar-refractivity contribution >= 4 is 63.5 Å². The van der Waals surface area contributed by atoms with Gasteiger partial charge in [-0.05, 0) is 54.0 Å². The van der Waals surface area contributed by atoms with Crippen LogP contribution in [0.15, 0.2) is 83.8 Å². The lowest BCUT2D eigenvalue weighted by Crippen LogP contribution is -2.44. The van der Waals surface area contributed by atoms with Crippen LogP contribution in [0, 0.1) is 0 Å². The van der Waals surface area contributed by atoms with Crippen LogP contribution in [0.4, 0.5) is 5.69 Å². The minimum absolute atomic E-state index is 0.272. The minimum atomic E-state index is -0.746. The highest BCUT2D eigenvalue weighted by atomic mass is 35.5. The molecule has 4 nitrogen and oxygen atoms in total. The molecule has 0 aliphatic carbocycles. The van der Waals surface area contributed by atoms with Crippen molar-refractivity contribution in [2.75, 3.05) is 5.32 Å². The van der Waals surface area contributed by atoms with Crippen LogP contribution in [0.25, 0.3) is 17.2 Å². The van der Waals surface area contributed by atoms with E-state index in [1.54, 1.807) is 37.3 Å². The van der Waals surface area contributed by atoms with Gasteiger partial charge in [0, 0.05) is 10.7 Å². The second-order valence-corrected chi connectivity index (χ2v) is 9.32. The highest BCUT2D eigenvalue weighted by molar-refractivity contribution is 8.26. The smallest absolute Gasteiger partial charge is 0.266 e. The fourth-order valence-electron chi connectivity index (χ4n) is 3.26. The Hall–Kier alpha value is -2.93. The zero-order valence-corrected chi connectivity index (χ0v) is 19.5. The van der Waals surface area contributed by atoms with Crippen LogP contribution in [0.3, 0.4) is 0 Å². The van der Waals surface area contributed by atoms with E-state index in [1.807, 2.05) is 42.5 Å². The first-order valence-corrected chi connectivity index (χ1v) is 11.5. The maximum atomic E-state index is 13.0. The summed E-state index contributed by atoms with van der Waals surface area (Å²) in [6.07, 6.45) is 1.80. The number of hydrogen-bond acceptors (Lipinski definition) is 4. The molecule has 0 bridgehead atoms. The summed E-state index contributed by atoms with van der Waals surface area (Å²) < 4.78 is 0.362. The molecule has 0 saturated carbocycles. The number of amides is 2. The average molecular weight is 479 g/mol. The molecular weight excluding hydrogens is 460 g/mol. The third kappa shape index (κ3) is 4.93. The molecule has 2 amide bonds. The number of benzene rings is 3. The van der Waals surface area contributed by atoms with Crippen molar-refractivity contribution in [3.8, 4) is 11.1 Å². The van der Waals surface area contributed by atoms with E-state index in [0.717, 1.165) is 16.7 Å². The van der Waals surface area contributed by atoms with Crippen LogP contribution in [0.2, 0.25) is 5.02 Å². The predicted octanol–water partition coefficient (Wildman–Crippen LogP) is 6.24. The van der Waals surface area contributed by atoms with Gasteiger partial charge in [-0.1, -0.05) is 90.2 Å². The molecule has 3 aromatic rings. The largest absolute Gasteiger partial charge is 0.324 e. The van der Waals surface area contributed by atoms with Gasteiger partial charge >= 0.3 is 0 Å². The van der Waals surface area contributed by atoms with E-state index in [9.17, 15) is 9.59 Å². The van der Waals surface area contributed by atoms with Crippen LogP contribution < -0.4 is 5.32 Å². The Balaban J connectivity index is 1.47. The molecule has 1 N–H and O–H groups in total. The third-order valence-electron chi connectivity index (χ3n) is 5.02. The van der Waals surface area contributed by atoms with E-state index < -0.39 is 6.04 Å². The molecule has 160 valence electrons. The fourth-order valence-corrected chi connectivity index (χ4v) is 4.81. The summed E-state index contributed by atoms with van der Waals surface area (Å²) in [6, 6.07) is 24.1. The molecule has 0 radical (unpaired) electrons. The minimum Gasteiger partial charge on any atom is -0.324 e. The van der Waals surface area contributed by atoms with Gasteiger partial charge in [0.25, 0.3) is 5.91 Å². The number of nitrogens with zero attached hydrogens (tertiary/aromatic N) is 1. The third-order valence-corrected chi connectivity index (χ3v) is 6.60. The summed E-state index contributed by atoms with van der Waals surface area (Å²) in [6.45, 7) is 1.66.